The Kier molecular flexibility index (Phi) is 57.8. The van der Waals surface area contributed by atoms with Crippen LogP contribution in [-0.2, 0) is 23.8 Å². The highest BCUT2D eigenvalue weighted by atomic mass is 16.6. The first-order valence-corrected chi connectivity index (χ1v) is 30.5. The lowest BCUT2D eigenvalue weighted by molar-refractivity contribution is -0.155. The van der Waals surface area contributed by atoms with Gasteiger partial charge in [-0.05, 0) is 51.4 Å². The number of hydrogen-bond donors (Lipinski definition) is 0. The molecule has 0 aliphatic carbocycles. The van der Waals surface area contributed by atoms with E-state index in [1.807, 2.05) is 0 Å². The van der Waals surface area contributed by atoms with Gasteiger partial charge in [0.05, 0.1) is 0 Å². The summed E-state index contributed by atoms with van der Waals surface area (Å²) >= 11 is 0. The Morgan fingerprint density at radius 3 is 0.941 bits per heavy atom. The number of rotatable bonds is 57. The molecule has 0 rings (SSSR count). The van der Waals surface area contributed by atoms with Crippen LogP contribution in [0.3, 0.4) is 0 Å². The van der Waals surface area contributed by atoms with Crippen molar-refractivity contribution in [3.63, 3.8) is 0 Å². The van der Waals surface area contributed by atoms with E-state index < -0.39 is 6.10 Å². The van der Waals surface area contributed by atoms with Crippen LogP contribution < -0.4 is 0 Å². The minimum absolute atomic E-state index is 0.154. The van der Waals surface area contributed by atoms with E-state index in [1.54, 1.807) is 0 Å². The van der Waals surface area contributed by atoms with Crippen LogP contribution in [0.5, 0.6) is 0 Å². The molecule has 0 radical (unpaired) electrons. The average molecular weight is 956 g/mol. The summed E-state index contributed by atoms with van der Waals surface area (Å²) in [6.07, 6.45) is 73.4. The molecule has 0 aromatic heterocycles. The van der Waals surface area contributed by atoms with Crippen molar-refractivity contribution in [1.82, 2.24) is 0 Å². The van der Waals surface area contributed by atoms with Crippen LogP contribution in [0.25, 0.3) is 0 Å². The molecule has 0 heterocycles. The Labute approximate surface area is 425 Å². The minimum atomic E-state index is -0.402. The van der Waals surface area contributed by atoms with Crippen molar-refractivity contribution < 1.29 is 23.8 Å². The maximum absolute atomic E-state index is 12.7. The maximum Gasteiger partial charge on any atom is 0.305 e. The van der Waals surface area contributed by atoms with Crippen LogP contribution in [0.4, 0.5) is 0 Å². The predicted molar refractivity (Wildman–Crippen MR) is 298 cm³/mol. The Bertz CT molecular complexity index is 1080. The molecule has 0 aromatic carbocycles. The summed E-state index contributed by atoms with van der Waals surface area (Å²) in [7, 11) is 0. The third kappa shape index (κ3) is 56.7. The molecule has 0 aliphatic rings. The summed E-state index contributed by atoms with van der Waals surface area (Å²) in [6, 6.07) is 0. The Morgan fingerprint density at radius 2 is 0.603 bits per heavy atom. The molecule has 5 heteroatoms. The van der Waals surface area contributed by atoms with E-state index in [1.165, 1.54) is 225 Å². The standard InChI is InChI=1S/C63H118O5/c1-4-7-10-13-16-19-22-25-28-30-31-32-33-34-36-39-42-45-48-51-54-57-63(65)68-60-61(66-58-55-52-49-46-43-40-37-29-26-23-20-17-14-11-8-5-2)59-67-62(64)56-53-50-47-44-41-38-35-27-24-21-18-15-12-9-6-3/h9,12,18,21,27,35,61H,4-8,10-11,13-17,19-20,22-26,28-34,36-60H2,1-3H3/b12-9-,21-18-,35-27-/t61-/m1/s1. The van der Waals surface area contributed by atoms with Crippen LogP contribution in [0, 0.1) is 0 Å². The number of carbonyl (C=O) groups excluding carboxylic acids is 2. The summed E-state index contributed by atoms with van der Waals surface area (Å²) in [4.78, 5) is 25.4. The first-order chi connectivity index (χ1) is 33.6. The number of ether oxygens (including phenoxy) is 3. The van der Waals surface area contributed by atoms with E-state index in [0.717, 1.165) is 70.6 Å². The molecule has 0 aliphatic heterocycles. The van der Waals surface area contributed by atoms with E-state index in [-0.39, 0.29) is 25.2 Å². The second kappa shape index (κ2) is 59.4. The van der Waals surface area contributed by atoms with Gasteiger partial charge < -0.3 is 14.2 Å². The number of unbranched alkanes of at least 4 members (excludes halogenated alkanes) is 40. The molecule has 0 fully saturated rings. The van der Waals surface area contributed by atoms with Crippen LogP contribution in [0.2, 0.25) is 0 Å². The van der Waals surface area contributed by atoms with E-state index in [4.69, 9.17) is 14.2 Å². The largest absolute Gasteiger partial charge is 0.463 e. The summed E-state index contributed by atoms with van der Waals surface area (Å²) < 4.78 is 17.5. The van der Waals surface area contributed by atoms with Crippen molar-refractivity contribution in [1.29, 1.82) is 0 Å². The van der Waals surface area contributed by atoms with E-state index in [9.17, 15) is 9.59 Å². The fourth-order valence-electron chi connectivity index (χ4n) is 9.15. The molecular weight excluding hydrogens is 837 g/mol. The van der Waals surface area contributed by atoms with Gasteiger partial charge in [0.25, 0.3) is 0 Å². The monoisotopic (exact) mass is 955 g/mol. The number of carbonyl (C=O) groups is 2. The van der Waals surface area contributed by atoms with Crippen LogP contribution in [-0.4, -0.2) is 37.9 Å². The molecule has 0 N–H and O–H groups in total. The molecule has 0 bridgehead atoms. The smallest absolute Gasteiger partial charge is 0.305 e. The highest BCUT2D eigenvalue weighted by Crippen LogP contribution is 2.17. The van der Waals surface area contributed by atoms with Gasteiger partial charge in [0, 0.05) is 19.4 Å². The maximum atomic E-state index is 12.7. The van der Waals surface area contributed by atoms with Crippen LogP contribution >= 0.6 is 0 Å². The third-order valence-corrected chi connectivity index (χ3v) is 13.7. The molecule has 0 saturated carbocycles. The topological polar surface area (TPSA) is 61.8 Å². The molecule has 5 nitrogen and oxygen atoms in total. The first kappa shape index (κ1) is 66.1. The molecule has 68 heavy (non-hydrogen) atoms. The number of allylic oxidation sites excluding steroid dienone is 6. The molecule has 400 valence electrons. The molecule has 0 spiro atoms. The zero-order chi connectivity index (χ0) is 49.2. The zero-order valence-corrected chi connectivity index (χ0v) is 46.1. The summed E-state index contributed by atoms with van der Waals surface area (Å²) in [5.74, 6) is -0.332. The van der Waals surface area contributed by atoms with Gasteiger partial charge in [-0.2, -0.15) is 0 Å². The van der Waals surface area contributed by atoms with Crippen molar-refractivity contribution >= 4 is 11.9 Å². The fourth-order valence-corrected chi connectivity index (χ4v) is 9.15. The first-order valence-electron chi connectivity index (χ1n) is 30.5. The normalized spacial score (nSPS) is 12.3. The lowest BCUT2D eigenvalue weighted by atomic mass is 10.0. The molecule has 0 unspecified atom stereocenters. The SMILES string of the molecule is CC/C=C\C/C=C\C/C=C\CCCCCCCC(=O)OC[C@H](COC(=O)CCCCCCCCCCCCCCCCCCCCCCC)OCCCCCCCCCCCCCCCCCC. The van der Waals surface area contributed by atoms with Gasteiger partial charge >= 0.3 is 11.9 Å². The summed E-state index contributed by atoms with van der Waals surface area (Å²) in [6.45, 7) is 7.67. The van der Waals surface area contributed by atoms with Gasteiger partial charge in [0.15, 0.2) is 0 Å². The highest BCUT2D eigenvalue weighted by molar-refractivity contribution is 5.69. The van der Waals surface area contributed by atoms with E-state index in [0.29, 0.717) is 19.4 Å². The lowest BCUT2D eigenvalue weighted by Gasteiger charge is -2.18. The lowest BCUT2D eigenvalue weighted by Crippen LogP contribution is -2.29. The predicted octanol–water partition coefficient (Wildman–Crippen LogP) is 20.9. The Balaban J connectivity index is 4.19. The fraction of sp³-hybridized carbons (Fsp3) is 0.873. The Morgan fingerprint density at radius 1 is 0.324 bits per heavy atom. The molecule has 0 aromatic rings. The van der Waals surface area contributed by atoms with E-state index in [2.05, 4.69) is 57.2 Å². The summed E-state index contributed by atoms with van der Waals surface area (Å²) in [5, 5.41) is 0. The van der Waals surface area contributed by atoms with Crippen molar-refractivity contribution in [2.75, 3.05) is 19.8 Å². The van der Waals surface area contributed by atoms with Crippen LogP contribution in [0.15, 0.2) is 36.5 Å². The van der Waals surface area contributed by atoms with E-state index >= 15 is 0 Å². The molecule has 0 amide bonds. The zero-order valence-electron chi connectivity index (χ0n) is 46.1. The third-order valence-electron chi connectivity index (χ3n) is 13.7. The van der Waals surface area contributed by atoms with Gasteiger partial charge in [0.1, 0.15) is 19.3 Å². The number of esters is 2. The number of hydrogen-bond acceptors (Lipinski definition) is 5. The highest BCUT2D eigenvalue weighted by Gasteiger charge is 2.16. The van der Waals surface area contributed by atoms with Gasteiger partial charge in [-0.3, -0.25) is 9.59 Å². The van der Waals surface area contributed by atoms with Crippen molar-refractivity contribution in [2.24, 2.45) is 0 Å². The molecule has 1 atom stereocenters. The quantitative estimate of drug-likeness (QED) is 0.0345. The molecule has 0 saturated heterocycles. The summed E-state index contributed by atoms with van der Waals surface area (Å²) in [5.41, 5.74) is 0. The van der Waals surface area contributed by atoms with Gasteiger partial charge in [-0.25, -0.2) is 0 Å². The van der Waals surface area contributed by atoms with Crippen molar-refractivity contribution in [2.45, 2.75) is 335 Å². The van der Waals surface area contributed by atoms with Gasteiger partial charge in [-0.15, -0.1) is 0 Å². The Hall–Kier alpha value is -1.88. The van der Waals surface area contributed by atoms with Gasteiger partial charge in [-0.1, -0.05) is 301 Å². The van der Waals surface area contributed by atoms with Crippen molar-refractivity contribution in [3.8, 4) is 0 Å². The second-order valence-corrected chi connectivity index (χ2v) is 20.6. The minimum Gasteiger partial charge on any atom is -0.463 e. The second-order valence-electron chi connectivity index (χ2n) is 20.6. The van der Waals surface area contributed by atoms with Crippen molar-refractivity contribution in [3.05, 3.63) is 36.5 Å². The molecular formula is C63H118O5. The van der Waals surface area contributed by atoms with Crippen LogP contribution in [0.1, 0.15) is 329 Å². The average Bonchev–Trinajstić information content (AvgIpc) is 3.34. The van der Waals surface area contributed by atoms with Gasteiger partial charge in [0.2, 0.25) is 0 Å².